The smallest absolute Gasteiger partial charge is 0.254 e. The van der Waals surface area contributed by atoms with Crippen molar-refractivity contribution < 1.29 is 23.5 Å². The number of morpholine rings is 1. The molecule has 0 unspecified atom stereocenters. The van der Waals surface area contributed by atoms with E-state index in [0.29, 0.717) is 49.0 Å². The minimum absolute atomic E-state index is 0.162. The van der Waals surface area contributed by atoms with Crippen molar-refractivity contribution >= 4 is 17.8 Å². The van der Waals surface area contributed by atoms with Gasteiger partial charge in [-0.1, -0.05) is 17.7 Å². The molecule has 1 saturated heterocycles. The van der Waals surface area contributed by atoms with Crippen LogP contribution in [0.3, 0.4) is 0 Å². The van der Waals surface area contributed by atoms with Crippen LogP contribution in [-0.2, 0) is 9.53 Å². The summed E-state index contributed by atoms with van der Waals surface area (Å²) in [5.74, 6) is -0.0220. The van der Waals surface area contributed by atoms with Crippen molar-refractivity contribution in [3.8, 4) is 22.7 Å². The fraction of sp³-hybridized carbons (Fsp3) is 0.281. The lowest BCUT2D eigenvalue weighted by Gasteiger charge is -2.30. The van der Waals surface area contributed by atoms with Crippen molar-refractivity contribution in [1.82, 2.24) is 19.4 Å². The minimum atomic E-state index is -0.396. The Bertz CT molecular complexity index is 1500. The first-order chi connectivity index (χ1) is 20.4. The largest absolute Gasteiger partial charge is 0.497 e. The maximum absolute atomic E-state index is 13.7. The van der Waals surface area contributed by atoms with Crippen molar-refractivity contribution in [3.05, 3.63) is 95.9 Å². The van der Waals surface area contributed by atoms with Crippen LogP contribution in [0.25, 0.3) is 16.9 Å². The van der Waals surface area contributed by atoms with Crippen LogP contribution in [0.4, 0.5) is 10.3 Å². The Morgan fingerprint density at radius 1 is 1.00 bits per heavy atom. The predicted molar refractivity (Wildman–Crippen MR) is 158 cm³/mol. The van der Waals surface area contributed by atoms with Gasteiger partial charge in [0.25, 0.3) is 5.91 Å². The summed E-state index contributed by atoms with van der Waals surface area (Å²) in [5.41, 5.74) is 3.61. The highest BCUT2D eigenvalue weighted by atomic mass is 19.1. The highest BCUT2D eigenvalue weighted by Gasteiger charge is 2.22. The van der Waals surface area contributed by atoms with Crippen molar-refractivity contribution in [2.75, 3.05) is 58.4 Å². The second-order valence-corrected chi connectivity index (χ2v) is 10.1. The summed E-state index contributed by atoms with van der Waals surface area (Å²) in [5, 5.41) is 2.89. The van der Waals surface area contributed by atoms with E-state index in [-0.39, 0.29) is 24.2 Å². The third-order valence-corrected chi connectivity index (χ3v) is 7.16. The fourth-order valence-electron chi connectivity index (χ4n) is 4.72. The quantitative estimate of drug-likeness (QED) is 0.304. The second kappa shape index (κ2) is 13.4. The number of methoxy groups -OCH3 is 1. The highest BCUT2D eigenvalue weighted by molar-refractivity contribution is 5.99. The molecule has 0 atom stereocenters. The first-order valence-electron chi connectivity index (χ1n) is 13.9. The zero-order chi connectivity index (χ0) is 29.5. The van der Waals surface area contributed by atoms with Crippen LogP contribution >= 0.6 is 0 Å². The highest BCUT2D eigenvalue weighted by Crippen LogP contribution is 2.26. The van der Waals surface area contributed by atoms with Gasteiger partial charge in [0, 0.05) is 49.2 Å². The molecular formula is C32H34FN5O4. The van der Waals surface area contributed by atoms with Crippen molar-refractivity contribution in [2.45, 2.75) is 6.92 Å². The summed E-state index contributed by atoms with van der Waals surface area (Å²) in [6, 6.07) is 20.6. The van der Waals surface area contributed by atoms with Gasteiger partial charge in [0.1, 0.15) is 18.1 Å². The van der Waals surface area contributed by atoms with Crippen LogP contribution in [0, 0.1) is 12.7 Å². The van der Waals surface area contributed by atoms with E-state index in [9.17, 15) is 14.0 Å². The normalized spacial score (nSPS) is 13.5. The van der Waals surface area contributed by atoms with Gasteiger partial charge < -0.3 is 14.4 Å². The van der Waals surface area contributed by atoms with Crippen LogP contribution < -0.4 is 10.1 Å². The Kier molecular flexibility index (Phi) is 9.25. The number of rotatable bonds is 10. The molecule has 1 N–H and O–H groups in total. The van der Waals surface area contributed by atoms with Crippen LogP contribution in [0.5, 0.6) is 5.75 Å². The van der Waals surface area contributed by atoms with E-state index < -0.39 is 5.91 Å². The number of aryl methyl sites for hydroxylation is 1. The molecule has 1 aliphatic rings. The molecule has 0 saturated carbocycles. The van der Waals surface area contributed by atoms with Crippen LogP contribution in [0.1, 0.15) is 15.9 Å². The Hall–Kier alpha value is -4.54. The number of nitrogens with one attached hydrogen (secondary N) is 1. The number of hydrogen-bond acceptors (Lipinski definition) is 6. The molecule has 0 bridgehead atoms. The molecule has 3 aromatic carbocycles. The second-order valence-electron chi connectivity index (χ2n) is 10.1. The van der Waals surface area contributed by atoms with Gasteiger partial charge >= 0.3 is 0 Å². The minimum Gasteiger partial charge on any atom is -0.497 e. The van der Waals surface area contributed by atoms with Crippen LogP contribution in [0.15, 0.2) is 79.0 Å². The summed E-state index contributed by atoms with van der Waals surface area (Å²) < 4.78 is 26.1. The lowest BCUT2D eigenvalue weighted by molar-refractivity contribution is -0.117. The topological polar surface area (TPSA) is 88.9 Å². The summed E-state index contributed by atoms with van der Waals surface area (Å²) >= 11 is 0. The van der Waals surface area contributed by atoms with E-state index >= 15 is 0 Å². The number of hydrogen-bond donors (Lipinski definition) is 1. The molecule has 0 radical (unpaired) electrons. The molecule has 2 heterocycles. The van der Waals surface area contributed by atoms with E-state index in [0.717, 1.165) is 24.2 Å². The van der Waals surface area contributed by atoms with Crippen molar-refractivity contribution in [1.29, 1.82) is 0 Å². The SMILES string of the molecule is COc1ccc(-c2cn(-c3ccc(F)cc3)c(NC(=O)CN(CCN3CCOCC3)C(=O)c3ccc(C)cc3)n2)cc1. The van der Waals surface area contributed by atoms with Gasteiger partial charge in [0.15, 0.2) is 0 Å². The standard InChI is InChI=1S/C32H34FN5O4/c1-23-3-5-25(6-4-23)31(40)37(16-15-36-17-19-42-20-18-36)22-30(39)35-32-34-29(24-7-13-28(41-2)14-8-24)21-38(32)27-11-9-26(33)10-12-27/h3-14,21H,15-20,22H2,1-2H3,(H,34,35,39). The summed E-state index contributed by atoms with van der Waals surface area (Å²) in [6.07, 6.45) is 1.78. The average Bonchev–Trinajstić information content (AvgIpc) is 3.43. The zero-order valence-electron chi connectivity index (χ0n) is 23.8. The van der Waals surface area contributed by atoms with E-state index in [4.69, 9.17) is 9.47 Å². The Morgan fingerprint density at radius 2 is 1.69 bits per heavy atom. The molecule has 1 aliphatic heterocycles. The third-order valence-electron chi connectivity index (χ3n) is 7.16. The molecular weight excluding hydrogens is 537 g/mol. The van der Waals surface area contributed by atoms with Gasteiger partial charge in [0.2, 0.25) is 11.9 Å². The van der Waals surface area contributed by atoms with E-state index in [1.807, 2.05) is 43.3 Å². The molecule has 9 nitrogen and oxygen atoms in total. The summed E-state index contributed by atoms with van der Waals surface area (Å²) in [4.78, 5) is 35.4. The Balaban J connectivity index is 1.38. The number of anilines is 1. The number of carbonyl (C=O) groups is 2. The number of ether oxygens (including phenoxy) is 2. The number of nitrogens with zero attached hydrogens (tertiary/aromatic N) is 4. The lowest BCUT2D eigenvalue weighted by atomic mass is 10.1. The Labute approximate surface area is 244 Å². The van der Waals surface area contributed by atoms with Gasteiger partial charge in [-0.25, -0.2) is 9.37 Å². The molecule has 218 valence electrons. The summed E-state index contributed by atoms with van der Waals surface area (Å²) in [7, 11) is 1.60. The molecule has 10 heteroatoms. The Morgan fingerprint density at radius 3 is 2.36 bits per heavy atom. The van der Waals surface area contributed by atoms with Gasteiger partial charge in [-0.3, -0.25) is 24.4 Å². The van der Waals surface area contributed by atoms with E-state index in [1.165, 1.54) is 12.1 Å². The van der Waals surface area contributed by atoms with Crippen LogP contribution in [0.2, 0.25) is 0 Å². The number of amides is 2. The number of carbonyl (C=O) groups excluding carboxylic acids is 2. The third kappa shape index (κ3) is 7.20. The molecule has 4 aromatic rings. The molecule has 0 aliphatic carbocycles. The lowest BCUT2D eigenvalue weighted by Crippen LogP contribution is -2.45. The first-order valence-corrected chi connectivity index (χ1v) is 13.9. The number of halogens is 1. The van der Waals surface area contributed by atoms with Crippen molar-refractivity contribution in [3.63, 3.8) is 0 Å². The zero-order valence-corrected chi connectivity index (χ0v) is 23.8. The number of aromatic nitrogens is 2. The molecule has 1 fully saturated rings. The van der Waals surface area contributed by atoms with Gasteiger partial charge in [0.05, 0.1) is 26.0 Å². The van der Waals surface area contributed by atoms with Crippen molar-refractivity contribution in [2.24, 2.45) is 0 Å². The predicted octanol–water partition coefficient (Wildman–Crippen LogP) is 4.41. The number of benzene rings is 3. The molecule has 5 rings (SSSR count). The molecule has 42 heavy (non-hydrogen) atoms. The molecule has 0 spiro atoms. The maximum atomic E-state index is 13.7. The molecule has 2 amide bonds. The van der Waals surface area contributed by atoms with Gasteiger partial charge in [-0.2, -0.15) is 0 Å². The van der Waals surface area contributed by atoms with E-state index in [2.05, 4.69) is 15.2 Å². The van der Waals surface area contributed by atoms with Gasteiger partial charge in [-0.15, -0.1) is 0 Å². The monoisotopic (exact) mass is 571 g/mol. The fourth-order valence-corrected chi connectivity index (χ4v) is 4.72. The molecule has 1 aromatic heterocycles. The van der Waals surface area contributed by atoms with E-state index in [1.54, 1.807) is 47.0 Å². The maximum Gasteiger partial charge on any atom is 0.254 e. The van der Waals surface area contributed by atoms with Crippen LogP contribution in [-0.4, -0.2) is 84.2 Å². The van der Waals surface area contributed by atoms with Gasteiger partial charge in [-0.05, 0) is 67.6 Å². The first kappa shape index (κ1) is 29.0. The average molecular weight is 572 g/mol. The summed E-state index contributed by atoms with van der Waals surface area (Å²) in [6.45, 7) is 5.66. The number of imidazole rings is 1.